The molecule has 1 amide bonds. The Labute approximate surface area is 83.8 Å². The third kappa shape index (κ3) is 2.85. The van der Waals surface area contributed by atoms with Gasteiger partial charge < -0.3 is 10.4 Å². The maximum Gasteiger partial charge on any atom is 0.251 e. The third-order valence-electron chi connectivity index (χ3n) is 1.99. The smallest absolute Gasteiger partial charge is 0.251 e. The zero-order valence-corrected chi connectivity index (χ0v) is 8.29. The van der Waals surface area contributed by atoms with Gasteiger partial charge in [-0.15, -0.1) is 0 Å². The van der Waals surface area contributed by atoms with E-state index in [-0.39, 0.29) is 12.5 Å². The number of aliphatic hydroxyl groups excluding tert-OH is 1. The lowest BCUT2D eigenvalue weighted by Crippen LogP contribution is -2.26. The van der Waals surface area contributed by atoms with Crippen LogP contribution < -0.4 is 5.32 Å². The van der Waals surface area contributed by atoms with E-state index in [4.69, 9.17) is 5.11 Å². The monoisotopic (exact) mass is 193 g/mol. The zero-order valence-electron chi connectivity index (χ0n) is 8.29. The number of amides is 1. The van der Waals surface area contributed by atoms with E-state index in [0.717, 1.165) is 12.0 Å². The molecule has 1 rings (SSSR count). The predicted molar refractivity (Wildman–Crippen MR) is 55.2 cm³/mol. The molecule has 14 heavy (non-hydrogen) atoms. The molecule has 0 saturated heterocycles. The van der Waals surface area contributed by atoms with Gasteiger partial charge in [0.15, 0.2) is 0 Å². The number of hydrogen-bond donors (Lipinski definition) is 2. The van der Waals surface area contributed by atoms with Gasteiger partial charge in [-0.25, -0.2) is 0 Å². The Morgan fingerprint density at radius 2 is 2.29 bits per heavy atom. The van der Waals surface area contributed by atoms with E-state index in [1.54, 1.807) is 6.07 Å². The highest BCUT2D eigenvalue weighted by Crippen LogP contribution is 2.05. The van der Waals surface area contributed by atoms with Gasteiger partial charge in [-0.1, -0.05) is 19.1 Å². The largest absolute Gasteiger partial charge is 0.395 e. The summed E-state index contributed by atoms with van der Waals surface area (Å²) in [4.78, 5) is 11.4. The van der Waals surface area contributed by atoms with Gasteiger partial charge in [-0.2, -0.15) is 0 Å². The van der Waals surface area contributed by atoms with Gasteiger partial charge in [0.25, 0.3) is 5.91 Å². The summed E-state index contributed by atoms with van der Waals surface area (Å²) in [6, 6.07) is 7.49. The normalized spacial score (nSPS) is 9.86. The molecule has 0 aliphatic rings. The van der Waals surface area contributed by atoms with Gasteiger partial charge in [0.05, 0.1) is 6.61 Å². The van der Waals surface area contributed by atoms with Crippen LogP contribution in [0.3, 0.4) is 0 Å². The molecule has 0 radical (unpaired) electrons. The maximum atomic E-state index is 11.4. The lowest BCUT2D eigenvalue weighted by Gasteiger charge is -2.04. The van der Waals surface area contributed by atoms with E-state index < -0.39 is 0 Å². The average molecular weight is 193 g/mol. The Balaban J connectivity index is 2.69. The van der Waals surface area contributed by atoms with Crippen molar-refractivity contribution in [3.63, 3.8) is 0 Å². The molecule has 2 N–H and O–H groups in total. The second kappa shape index (κ2) is 5.40. The van der Waals surface area contributed by atoms with Crippen molar-refractivity contribution < 1.29 is 9.90 Å². The standard InChI is InChI=1S/C11H15NO2/c1-2-9-4-3-5-10(8-9)11(14)12-6-7-13/h3-5,8,13H,2,6-7H2,1H3,(H,12,14). The molecule has 1 aromatic rings. The first kappa shape index (κ1) is 10.7. The van der Waals surface area contributed by atoms with Crippen molar-refractivity contribution in [1.29, 1.82) is 0 Å². The first-order chi connectivity index (χ1) is 6.77. The van der Waals surface area contributed by atoms with Crippen LogP contribution in [0.5, 0.6) is 0 Å². The van der Waals surface area contributed by atoms with Crippen molar-refractivity contribution in [2.24, 2.45) is 0 Å². The van der Waals surface area contributed by atoms with Crippen LogP contribution in [0, 0.1) is 0 Å². The van der Waals surface area contributed by atoms with Crippen LogP contribution in [0.2, 0.25) is 0 Å². The number of benzene rings is 1. The average Bonchev–Trinajstić information content (AvgIpc) is 2.26. The lowest BCUT2D eigenvalue weighted by atomic mass is 10.1. The summed E-state index contributed by atoms with van der Waals surface area (Å²) < 4.78 is 0. The van der Waals surface area contributed by atoms with Crippen LogP contribution >= 0.6 is 0 Å². The van der Waals surface area contributed by atoms with E-state index >= 15 is 0 Å². The minimum Gasteiger partial charge on any atom is -0.395 e. The Bertz CT molecular complexity index is 310. The van der Waals surface area contributed by atoms with Gasteiger partial charge in [0.2, 0.25) is 0 Å². The van der Waals surface area contributed by atoms with Crippen LogP contribution in [-0.4, -0.2) is 24.2 Å². The van der Waals surface area contributed by atoms with E-state index in [1.807, 2.05) is 25.1 Å². The van der Waals surface area contributed by atoms with E-state index in [0.29, 0.717) is 12.1 Å². The first-order valence-electron chi connectivity index (χ1n) is 4.76. The number of hydrogen-bond acceptors (Lipinski definition) is 2. The quantitative estimate of drug-likeness (QED) is 0.748. The highest BCUT2D eigenvalue weighted by atomic mass is 16.3. The van der Waals surface area contributed by atoms with Crippen LogP contribution in [0.1, 0.15) is 22.8 Å². The lowest BCUT2D eigenvalue weighted by molar-refractivity contribution is 0.0944. The van der Waals surface area contributed by atoms with Gasteiger partial charge in [0, 0.05) is 12.1 Å². The van der Waals surface area contributed by atoms with Gasteiger partial charge >= 0.3 is 0 Å². The highest BCUT2D eigenvalue weighted by Gasteiger charge is 2.03. The summed E-state index contributed by atoms with van der Waals surface area (Å²) in [6.45, 7) is 2.32. The molecule has 0 aromatic heterocycles. The molecule has 0 aliphatic heterocycles. The van der Waals surface area contributed by atoms with Crippen molar-refractivity contribution in [2.75, 3.05) is 13.2 Å². The Morgan fingerprint density at radius 3 is 2.93 bits per heavy atom. The summed E-state index contributed by atoms with van der Waals surface area (Å²) in [7, 11) is 0. The number of rotatable bonds is 4. The van der Waals surface area contributed by atoms with Crippen LogP contribution in [0.25, 0.3) is 0 Å². The SMILES string of the molecule is CCc1cccc(C(=O)NCCO)c1. The fraction of sp³-hybridized carbons (Fsp3) is 0.364. The van der Waals surface area contributed by atoms with Gasteiger partial charge in [-0.3, -0.25) is 4.79 Å². The first-order valence-corrected chi connectivity index (χ1v) is 4.76. The molecule has 0 bridgehead atoms. The number of aliphatic hydroxyl groups is 1. The molecule has 0 spiro atoms. The summed E-state index contributed by atoms with van der Waals surface area (Å²) in [5.41, 5.74) is 1.79. The van der Waals surface area contributed by atoms with E-state index in [1.165, 1.54) is 0 Å². The molecule has 0 atom stereocenters. The summed E-state index contributed by atoms with van der Waals surface area (Å²) >= 11 is 0. The number of carbonyl (C=O) groups excluding carboxylic acids is 1. The van der Waals surface area contributed by atoms with Crippen molar-refractivity contribution in [3.8, 4) is 0 Å². The highest BCUT2D eigenvalue weighted by molar-refractivity contribution is 5.94. The summed E-state index contributed by atoms with van der Waals surface area (Å²) in [5, 5.41) is 11.2. The van der Waals surface area contributed by atoms with Crippen LogP contribution in [0.4, 0.5) is 0 Å². The van der Waals surface area contributed by atoms with Gasteiger partial charge in [-0.05, 0) is 24.1 Å². The van der Waals surface area contributed by atoms with E-state index in [9.17, 15) is 4.79 Å². The van der Waals surface area contributed by atoms with Crippen molar-refractivity contribution in [3.05, 3.63) is 35.4 Å². The van der Waals surface area contributed by atoms with Crippen molar-refractivity contribution in [1.82, 2.24) is 5.32 Å². The minimum absolute atomic E-state index is 0.0286. The van der Waals surface area contributed by atoms with Crippen molar-refractivity contribution in [2.45, 2.75) is 13.3 Å². The summed E-state index contributed by atoms with van der Waals surface area (Å²) in [6.07, 6.45) is 0.918. The van der Waals surface area contributed by atoms with Crippen LogP contribution in [0.15, 0.2) is 24.3 Å². The molecule has 0 unspecified atom stereocenters. The molecular formula is C11H15NO2. The third-order valence-corrected chi connectivity index (χ3v) is 1.99. The van der Waals surface area contributed by atoms with Gasteiger partial charge in [0.1, 0.15) is 0 Å². The molecule has 0 fully saturated rings. The number of carbonyl (C=O) groups is 1. The fourth-order valence-electron chi connectivity index (χ4n) is 1.20. The van der Waals surface area contributed by atoms with Crippen LogP contribution in [-0.2, 0) is 6.42 Å². The number of nitrogens with one attached hydrogen (secondary N) is 1. The topological polar surface area (TPSA) is 49.3 Å². The molecule has 3 nitrogen and oxygen atoms in total. The zero-order chi connectivity index (χ0) is 10.4. The Kier molecular flexibility index (Phi) is 4.13. The molecule has 0 heterocycles. The summed E-state index contributed by atoms with van der Waals surface area (Å²) in [5.74, 6) is -0.130. The molecule has 1 aromatic carbocycles. The number of aryl methyl sites for hydroxylation is 1. The maximum absolute atomic E-state index is 11.4. The molecule has 76 valence electrons. The molecule has 0 aliphatic carbocycles. The second-order valence-corrected chi connectivity index (χ2v) is 3.03. The Hall–Kier alpha value is -1.35. The molecular weight excluding hydrogens is 178 g/mol. The minimum atomic E-state index is -0.130. The fourth-order valence-corrected chi connectivity index (χ4v) is 1.20. The molecule has 3 heteroatoms. The molecule has 0 saturated carbocycles. The Morgan fingerprint density at radius 1 is 1.50 bits per heavy atom. The van der Waals surface area contributed by atoms with Crippen molar-refractivity contribution >= 4 is 5.91 Å². The predicted octanol–water partition coefficient (Wildman–Crippen LogP) is 0.971. The second-order valence-electron chi connectivity index (χ2n) is 3.03. The van der Waals surface area contributed by atoms with E-state index in [2.05, 4.69) is 5.32 Å².